The van der Waals surface area contributed by atoms with Gasteiger partial charge in [0, 0.05) is 10.6 Å². The maximum Gasteiger partial charge on any atom is 0.282 e. The van der Waals surface area contributed by atoms with Gasteiger partial charge in [0.15, 0.2) is 0 Å². The molecule has 122 valence electrons. The summed E-state index contributed by atoms with van der Waals surface area (Å²) in [6.07, 6.45) is 1.52. The zero-order chi connectivity index (χ0) is 17.3. The molecule has 0 spiro atoms. The topological polar surface area (TPSA) is 58.6 Å². The molecule has 1 fully saturated rings. The van der Waals surface area contributed by atoms with Gasteiger partial charge in [0.25, 0.3) is 11.8 Å². The number of rotatable bonds is 3. The minimum absolute atomic E-state index is 0.0381. The Morgan fingerprint density at radius 2 is 1.92 bits per heavy atom. The Kier molecular flexibility index (Phi) is 4.27. The van der Waals surface area contributed by atoms with Crippen molar-refractivity contribution >= 4 is 35.2 Å². The summed E-state index contributed by atoms with van der Waals surface area (Å²) < 4.78 is 5.25. The minimum atomic E-state index is -0.470. The first-order valence-corrected chi connectivity index (χ1v) is 7.65. The van der Waals surface area contributed by atoms with Crippen LogP contribution in [0, 0.1) is 6.92 Å². The lowest BCUT2D eigenvalue weighted by Crippen LogP contribution is -2.35. The molecule has 1 aliphatic heterocycles. The van der Waals surface area contributed by atoms with E-state index in [4.69, 9.17) is 16.3 Å². The normalized spacial score (nSPS) is 15.8. The van der Waals surface area contributed by atoms with Crippen molar-refractivity contribution in [3.05, 3.63) is 64.2 Å². The molecule has 0 bridgehead atoms. The van der Waals surface area contributed by atoms with Crippen molar-refractivity contribution in [2.24, 2.45) is 0 Å². The summed E-state index contributed by atoms with van der Waals surface area (Å²) in [5, 5.41) is 1.71. The Balaban J connectivity index is 1.97. The van der Waals surface area contributed by atoms with Crippen LogP contribution in [0.3, 0.4) is 0 Å². The molecule has 0 unspecified atom stereocenters. The van der Waals surface area contributed by atoms with Crippen molar-refractivity contribution < 1.29 is 14.3 Å². The number of para-hydroxylation sites is 1. The van der Waals surface area contributed by atoms with Gasteiger partial charge in [0.05, 0.1) is 12.8 Å². The zero-order valence-corrected chi connectivity index (χ0v) is 13.9. The van der Waals surface area contributed by atoms with Crippen molar-refractivity contribution in [2.75, 3.05) is 12.1 Å². The van der Waals surface area contributed by atoms with E-state index in [-0.39, 0.29) is 5.57 Å². The van der Waals surface area contributed by atoms with Gasteiger partial charge >= 0.3 is 0 Å². The van der Waals surface area contributed by atoms with Crippen molar-refractivity contribution in [3.8, 4) is 5.75 Å². The monoisotopic (exact) mass is 342 g/mol. The molecule has 5 nitrogen and oxygen atoms in total. The van der Waals surface area contributed by atoms with Gasteiger partial charge in [-0.05, 0) is 36.8 Å². The van der Waals surface area contributed by atoms with Crippen molar-refractivity contribution in [1.29, 1.82) is 0 Å². The maximum absolute atomic E-state index is 12.6. The van der Waals surface area contributed by atoms with Gasteiger partial charge in [0.1, 0.15) is 11.3 Å². The van der Waals surface area contributed by atoms with Gasteiger partial charge in [-0.1, -0.05) is 35.9 Å². The van der Waals surface area contributed by atoms with E-state index in [9.17, 15) is 9.59 Å². The molecule has 1 N–H and O–H groups in total. The van der Waals surface area contributed by atoms with Crippen LogP contribution in [0.4, 0.5) is 5.69 Å². The lowest BCUT2D eigenvalue weighted by molar-refractivity contribution is -0.117. The molecule has 1 heterocycles. The van der Waals surface area contributed by atoms with Crippen LogP contribution in [-0.4, -0.2) is 18.9 Å². The predicted octanol–water partition coefficient (Wildman–Crippen LogP) is 3.12. The zero-order valence-electron chi connectivity index (χ0n) is 13.2. The first-order valence-electron chi connectivity index (χ1n) is 7.27. The second kappa shape index (κ2) is 6.37. The SMILES string of the molecule is COc1ccccc1C=C1C(=O)NN(c2ccc(C)c(Cl)c2)C1=O. The number of nitrogens with one attached hydrogen (secondary N) is 1. The fourth-order valence-electron chi connectivity index (χ4n) is 2.40. The minimum Gasteiger partial charge on any atom is -0.496 e. The summed E-state index contributed by atoms with van der Waals surface area (Å²) in [5.41, 5.74) is 4.64. The molecule has 6 heteroatoms. The predicted molar refractivity (Wildman–Crippen MR) is 92.8 cm³/mol. The molecular weight excluding hydrogens is 328 g/mol. The molecule has 24 heavy (non-hydrogen) atoms. The van der Waals surface area contributed by atoms with Crippen LogP contribution in [0.25, 0.3) is 6.08 Å². The molecule has 2 amide bonds. The molecule has 0 radical (unpaired) electrons. The van der Waals surface area contributed by atoms with Crippen molar-refractivity contribution in [3.63, 3.8) is 0 Å². The highest BCUT2D eigenvalue weighted by Crippen LogP contribution is 2.27. The van der Waals surface area contributed by atoms with Crippen LogP contribution >= 0.6 is 11.6 Å². The number of nitrogens with zero attached hydrogens (tertiary/aromatic N) is 1. The number of carbonyl (C=O) groups is 2. The number of hydrogen-bond acceptors (Lipinski definition) is 3. The number of halogens is 1. The maximum atomic E-state index is 12.6. The largest absolute Gasteiger partial charge is 0.496 e. The Morgan fingerprint density at radius 3 is 2.62 bits per heavy atom. The highest BCUT2D eigenvalue weighted by Gasteiger charge is 2.34. The Labute approximate surface area is 144 Å². The first kappa shape index (κ1) is 16.1. The summed E-state index contributed by atoms with van der Waals surface area (Å²) in [5.74, 6) is -0.323. The van der Waals surface area contributed by atoms with E-state index in [0.29, 0.717) is 22.0 Å². The fraction of sp³-hybridized carbons (Fsp3) is 0.111. The van der Waals surface area contributed by atoms with E-state index in [2.05, 4.69) is 5.43 Å². The molecule has 0 saturated carbocycles. The van der Waals surface area contributed by atoms with E-state index >= 15 is 0 Å². The van der Waals surface area contributed by atoms with Gasteiger partial charge in [-0.15, -0.1) is 0 Å². The summed E-state index contributed by atoms with van der Waals surface area (Å²) in [7, 11) is 1.54. The number of hydrazine groups is 1. The number of amides is 2. The van der Waals surface area contributed by atoms with Crippen LogP contribution in [0.2, 0.25) is 5.02 Å². The van der Waals surface area contributed by atoms with Gasteiger partial charge in [-0.3, -0.25) is 15.0 Å². The van der Waals surface area contributed by atoms with Gasteiger partial charge in [0.2, 0.25) is 0 Å². The number of carbonyl (C=O) groups excluding carboxylic acids is 2. The second-order valence-electron chi connectivity index (χ2n) is 5.31. The number of ether oxygens (including phenoxy) is 1. The first-order chi connectivity index (χ1) is 11.5. The molecule has 0 aliphatic carbocycles. The lowest BCUT2D eigenvalue weighted by Gasteiger charge is -2.15. The molecule has 1 saturated heterocycles. The van der Waals surface area contributed by atoms with E-state index in [1.54, 1.807) is 30.3 Å². The molecule has 1 aliphatic rings. The third kappa shape index (κ3) is 2.86. The highest BCUT2D eigenvalue weighted by atomic mass is 35.5. The molecular formula is C18H15ClN2O3. The number of benzene rings is 2. The number of aryl methyl sites for hydroxylation is 1. The van der Waals surface area contributed by atoms with Crippen molar-refractivity contribution in [2.45, 2.75) is 6.92 Å². The summed E-state index contributed by atoms with van der Waals surface area (Å²) in [6, 6.07) is 12.3. The summed E-state index contributed by atoms with van der Waals surface area (Å²) in [6.45, 7) is 1.86. The van der Waals surface area contributed by atoms with Gasteiger partial charge < -0.3 is 4.74 Å². The highest BCUT2D eigenvalue weighted by molar-refractivity contribution is 6.33. The number of anilines is 1. The third-order valence-corrected chi connectivity index (χ3v) is 4.15. The number of hydrogen-bond donors (Lipinski definition) is 1. The van der Waals surface area contributed by atoms with Gasteiger partial charge in [-0.2, -0.15) is 0 Å². The van der Waals surface area contributed by atoms with Gasteiger partial charge in [-0.25, -0.2) is 5.01 Å². The van der Waals surface area contributed by atoms with Crippen molar-refractivity contribution in [1.82, 2.24) is 5.43 Å². The molecule has 0 atom stereocenters. The quantitative estimate of drug-likeness (QED) is 0.688. The van der Waals surface area contributed by atoms with E-state index in [1.807, 2.05) is 19.1 Å². The van der Waals surface area contributed by atoms with E-state index < -0.39 is 11.8 Å². The van der Waals surface area contributed by atoms with Crippen LogP contribution in [-0.2, 0) is 9.59 Å². The van der Waals surface area contributed by atoms with E-state index in [1.165, 1.54) is 18.2 Å². The number of methoxy groups -OCH3 is 1. The molecule has 2 aromatic carbocycles. The third-order valence-electron chi connectivity index (χ3n) is 3.74. The Bertz CT molecular complexity index is 861. The molecule has 3 rings (SSSR count). The molecule has 2 aromatic rings. The van der Waals surface area contributed by atoms with Crippen LogP contribution < -0.4 is 15.2 Å². The average Bonchev–Trinajstić information content (AvgIpc) is 2.86. The average molecular weight is 343 g/mol. The lowest BCUT2D eigenvalue weighted by atomic mass is 10.1. The fourth-order valence-corrected chi connectivity index (χ4v) is 2.58. The summed E-state index contributed by atoms with van der Waals surface area (Å²) in [4.78, 5) is 24.8. The summed E-state index contributed by atoms with van der Waals surface area (Å²) >= 11 is 6.10. The van der Waals surface area contributed by atoms with Crippen LogP contribution in [0.5, 0.6) is 5.75 Å². The second-order valence-corrected chi connectivity index (χ2v) is 5.72. The Hall–Kier alpha value is -2.79. The molecule has 0 aromatic heterocycles. The van der Waals surface area contributed by atoms with Crippen LogP contribution in [0.1, 0.15) is 11.1 Å². The standard InChI is InChI=1S/C18H15ClN2O3/c1-11-7-8-13(10-15(11)19)21-18(23)14(17(22)20-21)9-12-5-3-4-6-16(12)24-2/h3-10H,1-2H3,(H,20,22). The Morgan fingerprint density at radius 1 is 1.17 bits per heavy atom. The van der Waals surface area contributed by atoms with E-state index in [0.717, 1.165) is 5.56 Å². The van der Waals surface area contributed by atoms with Crippen LogP contribution in [0.15, 0.2) is 48.0 Å². The smallest absolute Gasteiger partial charge is 0.282 e.